The minimum absolute atomic E-state index is 0.161. The Morgan fingerprint density at radius 3 is 2.58 bits per heavy atom. The van der Waals surface area contributed by atoms with Crippen LogP contribution in [0.3, 0.4) is 0 Å². The fourth-order valence-corrected chi connectivity index (χ4v) is 5.20. The molecule has 0 unspecified atom stereocenters. The fourth-order valence-electron chi connectivity index (χ4n) is 3.34. The molecule has 168 valence electrons. The van der Waals surface area contributed by atoms with Crippen LogP contribution in [0.2, 0.25) is 0 Å². The van der Waals surface area contributed by atoms with Gasteiger partial charge in [-0.2, -0.15) is 0 Å². The molecule has 1 aliphatic rings. The summed E-state index contributed by atoms with van der Waals surface area (Å²) in [7, 11) is 1.55. The van der Waals surface area contributed by atoms with E-state index in [-0.39, 0.29) is 18.3 Å². The Morgan fingerprint density at radius 2 is 1.88 bits per heavy atom. The minimum atomic E-state index is -0.297. The second kappa shape index (κ2) is 10.1. The van der Waals surface area contributed by atoms with Gasteiger partial charge >= 0.3 is 0 Å². The number of nitrogens with zero attached hydrogens (tertiary/aromatic N) is 1. The summed E-state index contributed by atoms with van der Waals surface area (Å²) < 4.78 is 25.7. The van der Waals surface area contributed by atoms with Gasteiger partial charge in [0.05, 0.1) is 22.2 Å². The van der Waals surface area contributed by atoms with E-state index in [2.05, 4.69) is 15.9 Å². The first-order valence-corrected chi connectivity index (χ1v) is 12.0. The summed E-state index contributed by atoms with van der Waals surface area (Å²) in [6.45, 7) is 2.20. The Balaban J connectivity index is 1.59. The molecule has 0 aliphatic carbocycles. The lowest BCUT2D eigenvalue weighted by Crippen LogP contribution is -2.28. The summed E-state index contributed by atoms with van der Waals surface area (Å²) in [4.78, 5) is 15.2. The number of hydrogen-bond acceptors (Lipinski definition) is 5. The summed E-state index contributed by atoms with van der Waals surface area (Å²) in [5.74, 6) is 0.569. The number of carbonyl (C=O) groups excluding carboxylic acids is 1. The Bertz CT molecular complexity index is 1260. The highest BCUT2D eigenvalue weighted by molar-refractivity contribution is 9.10. The maximum Gasteiger partial charge on any atom is 0.270 e. The number of amides is 1. The van der Waals surface area contributed by atoms with Crippen LogP contribution in [0.5, 0.6) is 11.5 Å². The van der Waals surface area contributed by atoms with E-state index in [1.807, 2.05) is 37.3 Å². The molecule has 0 aromatic heterocycles. The van der Waals surface area contributed by atoms with Crippen LogP contribution >= 0.6 is 39.9 Å². The first kappa shape index (κ1) is 23.5. The van der Waals surface area contributed by atoms with Crippen molar-refractivity contribution in [3.05, 3.63) is 92.5 Å². The average Bonchev–Trinajstić information content (AvgIpc) is 3.07. The van der Waals surface area contributed by atoms with Gasteiger partial charge in [0.15, 0.2) is 15.8 Å². The van der Waals surface area contributed by atoms with Gasteiger partial charge in [0.25, 0.3) is 5.91 Å². The number of anilines is 1. The average molecular weight is 544 g/mol. The molecule has 33 heavy (non-hydrogen) atoms. The van der Waals surface area contributed by atoms with Gasteiger partial charge in [-0.25, -0.2) is 4.39 Å². The van der Waals surface area contributed by atoms with Gasteiger partial charge < -0.3 is 9.47 Å². The quantitative estimate of drug-likeness (QED) is 0.250. The van der Waals surface area contributed by atoms with Crippen molar-refractivity contribution < 1.29 is 18.7 Å². The maximum atomic E-state index is 13.1. The lowest BCUT2D eigenvalue weighted by Gasteiger charge is -2.16. The van der Waals surface area contributed by atoms with Crippen molar-refractivity contribution in [1.29, 1.82) is 0 Å². The zero-order valence-electron chi connectivity index (χ0n) is 17.8. The molecular formula is C25H19BrFNO3S2. The molecule has 1 aliphatic heterocycles. The van der Waals surface area contributed by atoms with Crippen LogP contribution in [0.15, 0.2) is 70.0 Å². The highest BCUT2D eigenvalue weighted by Crippen LogP contribution is 2.40. The highest BCUT2D eigenvalue weighted by Gasteiger charge is 2.34. The van der Waals surface area contributed by atoms with Crippen molar-refractivity contribution in [2.24, 2.45) is 0 Å². The molecule has 0 atom stereocenters. The number of benzene rings is 3. The van der Waals surface area contributed by atoms with Crippen LogP contribution in [-0.2, 0) is 11.4 Å². The molecule has 0 spiro atoms. The molecule has 0 saturated carbocycles. The molecule has 3 aromatic carbocycles. The monoisotopic (exact) mass is 543 g/mol. The van der Waals surface area contributed by atoms with Crippen LogP contribution in [0.4, 0.5) is 10.1 Å². The zero-order valence-corrected chi connectivity index (χ0v) is 21.0. The summed E-state index contributed by atoms with van der Waals surface area (Å²) in [6, 6.07) is 17.4. The standard InChI is InChI=1S/C25H19BrFNO3S2/c1-15-5-3-4-6-20(15)28-24(29)22(33-25(28)32)13-17-11-19(26)23(21(12-17)30-2)31-14-16-7-9-18(27)10-8-16/h3-13H,14H2,1-2H3. The zero-order chi connectivity index (χ0) is 23.5. The molecule has 4 nitrogen and oxygen atoms in total. The Morgan fingerprint density at radius 1 is 1.15 bits per heavy atom. The van der Waals surface area contributed by atoms with Crippen LogP contribution < -0.4 is 14.4 Å². The van der Waals surface area contributed by atoms with Crippen molar-refractivity contribution in [3.63, 3.8) is 0 Å². The van der Waals surface area contributed by atoms with Crippen molar-refractivity contribution in [2.75, 3.05) is 12.0 Å². The van der Waals surface area contributed by atoms with Gasteiger partial charge in [0.1, 0.15) is 12.4 Å². The van der Waals surface area contributed by atoms with Crippen LogP contribution in [-0.4, -0.2) is 17.3 Å². The van der Waals surface area contributed by atoms with Crippen molar-refractivity contribution >= 4 is 61.9 Å². The van der Waals surface area contributed by atoms with Gasteiger partial charge in [-0.15, -0.1) is 0 Å². The van der Waals surface area contributed by atoms with Crippen LogP contribution in [0, 0.1) is 12.7 Å². The summed E-state index contributed by atoms with van der Waals surface area (Å²) >= 11 is 10.3. The molecular weight excluding hydrogens is 525 g/mol. The largest absolute Gasteiger partial charge is 0.493 e. The summed E-state index contributed by atoms with van der Waals surface area (Å²) in [6.07, 6.45) is 1.79. The first-order valence-electron chi connectivity index (χ1n) is 9.95. The van der Waals surface area contributed by atoms with Crippen molar-refractivity contribution in [2.45, 2.75) is 13.5 Å². The maximum absolute atomic E-state index is 13.1. The number of aryl methyl sites for hydroxylation is 1. The molecule has 3 aromatic rings. The van der Waals surface area contributed by atoms with Gasteiger partial charge in [0.2, 0.25) is 0 Å². The minimum Gasteiger partial charge on any atom is -0.493 e. The van der Waals surface area contributed by atoms with E-state index >= 15 is 0 Å². The number of halogens is 2. The number of ether oxygens (including phenoxy) is 2. The van der Waals surface area contributed by atoms with Crippen LogP contribution in [0.1, 0.15) is 16.7 Å². The first-order chi connectivity index (χ1) is 15.9. The SMILES string of the molecule is COc1cc(C=C2SC(=S)N(c3ccccc3C)C2=O)cc(Br)c1OCc1ccc(F)cc1. The number of hydrogen-bond donors (Lipinski definition) is 0. The second-order valence-electron chi connectivity index (χ2n) is 7.25. The van der Waals surface area contributed by atoms with E-state index in [1.54, 1.807) is 36.3 Å². The molecule has 1 fully saturated rings. The third-order valence-corrected chi connectivity index (χ3v) is 6.89. The number of thiocarbonyl (C=S) groups is 1. The van der Waals surface area contributed by atoms with Gasteiger partial charge in [-0.3, -0.25) is 9.69 Å². The number of carbonyl (C=O) groups is 1. The second-order valence-corrected chi connectivity index (χ2v) is 9.78. The number of para-hydroxylation sites is 1. The molecule has 4 rings (SSSR count). The van der Waals surface area contributed by atoms with E-state index in [0.29, 0.717) is 25.2 Å². The summed E-state index contributed by atoms with van der Waals surface area (Å²) in [5, 5.41) is 0. The normalized spacial score (nSPS) is 14.8. The molecule has 0 bridgehead atoms. The topological polar surface area (TPSA) is 38.8 Å². The smallest absolute Gasteiger partial charge is 0.270 e. The van der Waals surface area contributed by atoms with Gasteiger partial charge in [0, 0.05) is 0 Å². The third kappa shape index (κ3) is 5.13. The highest BCUT2D eigenvalue weighted by atomic mass is 79.9. The van der Waals surface area contributed by atoms with E-state index < -0.39 is 0 Å². The van der Waals surface area contributed by atoms with Gasteiger partial charge in [-0.05, 0) is 76.0 Å². The number of thioether (sulfide) groups is 1. The number of methoxy groups -OCH3 is 1. The van der Waals surface area contributed by atoms with Crippen molar-refractivity contribution in [3.8, 4) is 11.5 Å². The predicted molar refractivity (Wildman–Crippen MR) is 138 cm³/mol. The fraction of sp³-hybridized carbons (Fsp3) is 0.120. The lowest BCUT2D eigenvalue weighted by molar-refractivity contribution is -0.113. The van der Waals surface area contributed by atoms with E-state index in [0.717, 1.165) is 22.4 Å². The third-order valence-electron chi connectivity index (χ3n) is 5.00. The van der Waals surface area contributed by atoms with E-state index in [1.165, 1.54) is 23.9 Å². The molecule has 1 heterocycles. The molecule has 1 saturated heterocycles. The predicted octanol–water partition coefficient (Wildman–Crippen LogP) is 6.89. The molecule has 0 radical (unpaired) electrons. The van der Waals surface area contributed by atoms with Gasteiger partial charge in [-0.1, -0.05) is 54.3 Å². The number of rotatable bonds is 6. The molecule has 0 N–H and O–H groups in total. The van der Waals surface area contributed by atoms with E-state index in [9.17, 15) is 9.18 Å². The Kier molecular flexibility index (Phi) is 7.17. The Labute approximate surface area is 209 Å². The molecule has 1 amide bonds. The van der Waals surface area contributed by atoms with Crippen molar-refractivity contribution in [1.82, 2.24) is 0 Å². The molecule has 8 heteroatoms. The van der Waals surface area contributed by atoms with E-state index in [4.69, 9.17) is 21.7 Å². The summed E-state index contributed by atoms with van der Waals surface area (Å²) in [5.41, 5.74) is 3.35. The lowest BCUT2D eigenvalue weighted by atomic mass is 10.1. The Hall–Kier alpha value is -2.68. The van der Waals surface area contributed by atoms with Crippen LogP contribution in [0.25, 0.3) is 6.08 Å².